The third-order valence-electron chi connectivity index (χ3n) is 3.22. The number of nitrogens with one attached hydrogen (secondary N) is 1. The number of nitrogens with zero attached hydrogens (tertiary/aromatic N) is 2. The molecule has 1 fully saturated rings. The predicted octanol–water partition coefficient (Wildman–Crippen LogP) is 1.43. The van der Waals surface area contributed by atoms with Crippen LogP contribution in [0.4, 0.5) is 0 Å². The second kappa shape index (κ2) is 6.50. The highest BCUT2D eigenvalue weighted by atomic mass is 16.2. The van der Waals surface area contributed by atoms with Crippen molar-refractivity contribution in [3.05, 3.63) is 30.1 Å². The van der Waals surface area contributed by atoms with Crippen molar-refractivity contribution in [2.45, 2.75) is 26.3 Å². The zero-order valence-electron chi connectivity index (χ0n) is 10.9. The number of carbonyl (C=O) groups excluding carboxylic acids is 1. The molecule has 0 spiro atoms. The first-order valence-electron chi connectivity index (χ1n) is 6.67. The Morgan fingerprint density at radius 3 is 2.94 bits per heavy atom. The van der Waals surface area contributed by atoms with Crippen LogP contribution in [0.5, 0.6) is 0 Å². The fourth-order valence-electron chi connectivity index (χ4n) is 1.92. The van der Waals surface area contributed by atoms with Gasteiger partial charge in [0.15, 0.2) is 0 Å². The summed E-state index contributed by atoms with van der Waals surface area (Å²) in [6.45, 7) is 5.12. The van der Waals surface area contributed by atoms with E-state index in [0.717, 1.165) is 24.7 Å². The van der Waals surface area contributed by atoms with E-state index in [-0.39, 0.29) is 5.91 Å². The zero-order chi connectivity index (χ0) is 12.8. The topological polar surface area (TPSA) is 45.2 Å². The third-order valence-corrected chi connectivity index (χ3v) is 3.22. The van der Waals surface area contributed by atoms with Gasteiger partial charge < -0.3 is 5.32 Å². The molecule has 0 atom stereocenters. The van der Waals surface area contributed by atoms with Crippen molar-refractivity contribution >= 4 is 5.91 Å². The predicted molar refractivity (Wildman–Crippen MR) is 70.9 cm³/mol. The van der Waals surface area contributed by atoms with Crippen molar-refractivity contribution in [2.75, 3.05) is 19.6 Å². The van der Waals surface area contributed by atoms with Crippen molar-refractivity contribution in [2.24, 2.45) is 5.92 Å². The molecule has 1 heterocycles. The van der Waals surface area contributed by atoms with Crippen LogP contribution in [-0.2, 0) is 11.3 Å². The zero-order valence-corrected chi connectivity index (χ0v) is 10.9. The minimum Gasteiger partial charge on any atom is -0.349 e. The van der Waals surface area contributed by atoms with E-state index in [1.54, 1.807) is 6.20 Å². The van der Waals surface area contributed by atoms with Crippen molar-refractivity contribution in [3.63, 3.8) is 0 Å². The third kappa shape index (κ3) is 4.45. The molecule has 2 rings (SSSR count). The van der Waals surface area contributed by atoms with Gasteiger partial charge in [0.05, 0.1) is 18.8 Å². The second-order valence-corrected chi connectivity index (χ2v) is 4.87. The summed E-state index contributed by atoms with van der Waals surface area (Å²) in [6, 6.07) is 5.72. The summed E-state index contributed by atoms with van der Waals surface area (Å²) in [5.41, 5.74) is 0.899. The van der Waals surface area contributed by atoms with Crippen LogP contribution in [0.1, 0.15) is 25.5 Å². The number of pyridine rings is 1. The lowest BCUT2D eigenvalue weighted by molar-refractivity contribution is -0.122. The molecule has 0 aromatic carbocycles. The molecule has 1 amide bonds. The Morgan fingerprint density at radius 2 is 2.33 bits per heavy atom. The van der Waals surface area contributed by atoms with Gasteiger partial charge in [-0.3, -0.25) is 14.7 Å². The lowest BCUT2D eigenvalue weighted by Gasteiger charge is -2.19. The maximum Gasteiger partial charge on any atom is 0.234 e. The normalized spacial score (nSPS) is 14.8. The summed E-state index contributed by atoms with van der Waals surface area (Å²) >= 11 is 0. The van der Waals surface area contributed by atoms with Gasteiger partial charge in [0, 0.05) is 12.7 Å². The van der Waals surface area contributed by atoms with Crippen LogP contribution in [0, 0.1) is 5.92 Å². The molecule has 0 unspecified atom stereocenters. The van der Waals surface area contributed by atoms with Gasteiger partial charge in [-0.05, 0) is 37.4 Å². The summed E-state index contributed by atoms with van der Waals surface area (Å²) in [5, 5.41) is 2.91. The lowest BCUT2D eigenvalue weighted by atomic mass is 10.3. The summed E-state index contributed by atoms with van der Waals surface area (Å²) in [7, 11) is 0. The van der Waals surface area contributed by atoms with E-state index < -0.39 is 0 Å². The Labute approximate surface area is 108 Å². The molecule has 1 N–H and O–H groups in total. The van der Waals surface area contributed by atoms with E-state index in [1.165, 1.54) is 12.8 Å². The molecule has 1 aromatic rings. The molecular weight excluding hydrogens is 226 g/mol. The number of amides is 1. The Hall–Kier alpha value is -1.42. The Kier molecular flexibility index (Phi) is 4.70. The van der Waals surface area contributed by atoms with Crippen LogP contribution in [0.25, 0.3) is 0 Å². The summed E-state index contributed by atoms with van der Waals surface area (Å²) in [5.74, 6) is 0.914. The van der Waals surface area contributed by atoms with E-state index in [0.29, 0.717) is 13.1 Å². The molecule has 4 heteroatoms. The average molecular weight is 247 g/mol. The molecule has 98 valence electrons. The lowest BCUT2D eigenvalue weighted by Crippen LogP contribution is -2.38. The van der Waals surface area contributed by atoms with Crippen molar-refractivity contribution in [1.82, 2.24) is 15.2 Å². The number of likely N-dealkylation sites (N-methyl/N-ethyl adjacent to an activating group) is 1. The first kappa shape index (κ1) is 13.0. The Bertz CT molecular complexity index is 376. The SMILES string of the molecule is CCN(CC(=O)NCc1ccccn1)CC1CC1. The van der Waals surface area contributed by atoms with Crippen molar-refractivity contribution in [1.29, 1.82) is 0 Å². The first-order chi connectivity index (χ1) is 8.78. The fourth-order valence-corrected chi connectivity index (χ4v) is 1.92. The summed E-state index contributed by atoms with van der Waals surface area (Å²) in [6.07, 6.45) is 4.39. The van der Waals surface area contributed by atoms with Gasteiger partial charge in [0.25, 0.3) is 0 Å². The molecule has 4 nitrogen and oxygen atoms in total. The van der Waals surface area contributed by atoms with E-state index in [9.17, 15) is 4.79 Å². The van der Waals surface area contributed by atoms with Gasteiger partial charge in [-0.15, -0.1) is 0 Å². The highest BCUT2D eigenvalue weighted by Crippen LogP contribution is 2.29. The first-order valence-corrected chi connectivity index (χ1v) is 6.67. The van der Waals surface area contributed by atoms with E-state index in [4.69, 9.17) is 0 Å². The maximum absolute atomic E-state index is 11.8. The standard InChI is InChI=1S/C14H21N3O/c1-2-17(10-12-6-7-12)11-14(18)16-9-13-5-3-4-8-15-13/h3-5,8,12H,2,6-7,9-11H2,1H3,(H,16,18). The Balaban J connectivity index is 1.70. The monoisotopic (exact) mass is 247 g/mol. The number of rotatable bonds is 7. The second-order valence-electron chi connectivity index (χ2n) is 4.87. The number of aromatic nitrogens is 1. The van der Waals surface area contributed by atoms with E-state index in [2.05, 4.69) is 22.1 Å². The van der Waals surface area contributed by atoms with Gasteiger partial charge in [-0.25, -0.2) is 0 Å². The quantitative estimate of drug-likeness (QED) is 0.793. The molecular formula is C14H21N3O. The molecule has 1 aromatic heterocycles. The average Bonchev–Trinajstić information content (AvgIpc) is 3.21. The van der Waals surface area contributed by atoms with Crippen LogP contribution in [0.15, 0.2) is 24.4 Å². The van der Waals surface area contributed by atoms with Crippen molar-refractivity contribution in [3.8, 4) is 0 Å². The highest BCUT2D eigenvalue weighted by Gasteiger charge is 2.24. The van der Waals surface area contributed by atoms with Crippen molar-refractivity contribution < 1.29 is 4.79 Å². The fraction of sp³-hybridized carbons (Fsp3) is 0.571. The van der Waals surface area contributed by atoms with E-state index >= 15 is 0 Å². The molecule has 18 heavy (non-hydrogen) atoms. The minimum atomic E-state index is 0.0863. The van der Waals surface area contributed by atoms with Gasteiger partial charge in [0.1, 0.15) is 0 Å². The van der Waals surface area contributed by atoms with Gasteiger partial charge in [-0.2, -0.15) is 0 Å². The van der Waals surface area contributed by atoms with Crippen LogP contribution in [0.3, 0.4) is 0 Å². The molecule has 1 saturated carbocycles. The van der Waals surface area contributed by atoms with Crippen LogP contribution < -0.4 is 5.32 Å². The highest BCUT2D eigenvalue weighted by molar-refractivity contribution is 5.77. The molecule has 1 aliphatic carbocycles. The molecule has 0 saturated heterocycles. The Morgan fingerprint density at radius 1 is 1.50 bits per heavy atom. The van der Waals surface area contributed by atoms with Gasteiger partial charge >= 0.3 is 0 Å². The molecule has 1 aliphatic rings. The smallest absolute Gasteiger partial charge is 0.234 e. The summed E-state index contributed by atoms with van der Waals surface area (Å²) in [4.78, 5) is 18.2. The molecule has 0 aliphatic heterocycles. The number of hydrogen-bond acceptors (Lipinski definition) is 3. The minimum absolute atomic E-state index is 0.0863. The maximum atomic E-state index is 11.8. The molecule has 0 radical (unpaired) electrons. The van der Waals surface area contributed by atoms with Crippen LogP contribution >= 0.6 is 0 Å². The van der Waals surface area contributed by atoms with E-state index in [1.807, 2.05) is 18.2 Å². The van der Waals surface area contributed by atoms with Crippen LogP contribution in [-0.4, -0.2) is 35.4 Å². The molecule has 0 bridgehead atoms. The van der Waals surface area contributed by atoms with Gasteiger partial charge in [0.2, 0.25) is 5.91 Å². The van der Waals surface area contributed by atoms with Gasteiger partial charge in [-0.1, -0.05) is 13.0 Å². The largest absolute Gasteiger partial charge is 0.349 e. The van der Waals surface area contributed by atoms with Crippen LogP contribution in [0.2, 0.25) is 0 Å². The number of carbonyl (C=O) groups is 1. The number of hydrogen-bond donors (Lipinski definition) is 1. The summed E-state index contributed by atoms with van der Waals surface area (Å²) < 4.78 is 0.